The molecule has 1 aromatic heterocycles. The van der Waals surface area contributed by atoms with Gasteiger partial charge in [0.15, 0.2) is 5.96 Å². The highest BCUT2D eigenvalue weighted by Crippen LogP contribution is 2.14. The van der Waals surface area contributed by atoms with Crippen molar-refractivity contribution in [3.05, 3.63) is 16.1 Å². The van der Waals surface area contributed by atoms with E-state index in [0.29, 0.717) is 32.0 Å². The Balaban J connectivity index is 2.24. The van der Waals surface area contributed by atoms with Crippen LogP contribution in [-0.2, 0) is 17.6 Å². The molecule has 1 rings (SSSR count). The number of halogens is 3. The number of thiazole rings is 1. The highest BCUT2D eigenvalue weighted by atomic mass is 32.1. The molecule has 0 aliphatic carbocycles. The molecular weight excluding hydrogens is 341 g/mol. The Hall–Kier alpha value is -1.35. The zero-order valence-corrected chi connectivity index (χ0v) is 14.9. The van der Waals surface area contributed by atoms with E-state index < -0.39 is 12.8 Å². The van der Waals surface area contributed by atoms with E-state index in [4.69, 9.17) is 0 Å². The third-order valence-electron chi connectivity index (χ3n) is 2.91. The van der Waals surface area contributed by atoms with E-state index in [2.05, 4.69) is 32.3 Å². The first-order chi connectivity index (χ1) is 11.4. The number of hydrogen-bond acceptors (Lipinski definition) is 4. The molecule has 1 aromatic rings. The fraction of sp³-hybridized carbons (Fsp3) is 0.733. The lowest BCUT2D eigenvalue weighted by atomic mass is 10.4. The molecule has 0 atom stereocenters. The third kappa shape index (κ3) is 9.71. The maximum Gasteiger partial charge on any atom is 0.411 e. The molecule has 1 heterocycles. The van der Waals surface area contributed by atoms with Crippen LogP contribution < -0.4 is 10.6 Å². The van der Waals surface area contributed by atoms with E-state index in [1.807, 2.05) is 13.1 Å². The van der Waals surface area contributed by atoms with Gasteiger partial charge in [-0.1, -0.05) is 6.92 Å². The minimum absolute atomic E-state index is 0.0430. The Labute approximate surface area is 144 Å². The van der Waals surface area contributed by atoms with Gasteiger partial charge in [0.25, 0.3) is 0 Å². The van der Waals surface area contributed by atoms with E-state index in [1.54, 1.807) is 11.3 Å². The molecule has 5 nitrogen and oxygen atoms in total. The summed E-state index contributed by atoms with van der Waals surface area (Å²) >= 11 is 1.71. The summed E-state index contributed by atoms with van der Waals surface area (Å²) in [6.45, 7) is 4.72. The van der Waals surface area contributed by atoms with E-state index in [-0.39, 0.29) is 6.61 Å². The first-order valence-electron chi connectivity index (χ1n) is 8.04. The molecule has 2 N–H and O–H groups in total. The molecule has 9 heteroatoms. The average molecular weight is 366 g/mol. The Bertz CT molecular complexity index is 491. The van der Waals surface area contributed by atoms with Crippen molar-refractivity contribution in [2.24, 2.45) is 4.99 Å². The molecule has 0 aliphatic rings. The Kier molecular flexibility index (Phi) is 9.70. The van der Waals surface area contributed by atoms with Gasteiger partial charge in [-0.15, -0.1) is 11.3 Å². The molecule has 0 radical (unpaired) electrons. The van der Waals surface area contributed by atoms with Gasteiger partial charge in [-0.3, -0.25) is 4.99 Å². The van der Waals surface area contributed by atoms with Crippen LogP contribution >= 0.6 is 11.3 Å². The van der Waals surface area contributed by atoms with E-state index in [9.17, 15) is 13.2 Å². The van der Waals surface area contributed by atoms with Crippen LogP contribution in [0.1, 0.15) is 30.2 Å². The number of nitrogens with one attached hydrogen (secondary N) is 2. The van der Waals surface area contributed by atoms with E-state index >= 15 is 0 Å². The van der Waals surface area contributed by atoms with Crippen molar-refractivity contribution in [1.82, 2.24) is 15.6 Å². The van der Waals surface area contributed by atoms with Crippen molar-refractivity contribution in [2.45, 2.75) is 39.3 Å². The largest absolute Gasteiger partial charge is 0.411 e. The molecule has 138 valence electrons. The van der Waals surface area contributed by atoms with Crippen molar-refractivity contribution in [2.75, 3.05) is 32.8 Å². The highest BCUT2D eigenvalue weighted by molar-refractivity contribution is 7.11. The summed E-state index contributed by atoms with van der Waals surface area (Å²) in [6, 6.07) is 0. The number of nitrogens with zero attached hydrogens (tertiary/aromatic N) is 2. The van der Waals surface area contributed by atoms with Gasteiger partial charge < -0.3 is 15.4 Å². The number of ether oxygens (including phenoxy) is 1. The topological polar surface area (TPSA) is 58.5 Å². The maximum absolute atomic E-state index is 11.9. The first-order valence-corrected chi connectivity index (χ1v) is 8.86. The number of hydrogen-bond donors (Lipinski definition) is 2. The molecule has 0 bridgehead atoms. The maximum atomic E-state index is 11.9. The number of rotatable bonds is 10. The van der Waals surface area contributed by atoms with Crippen molar-refractivity contribution < 1.29 is 17.9 Å². The van der Waals surface area contributed by atoms with Gasteiger partial charge in [-0.05, 0) is 19.8 Å². The van der Waals surface area contributed by atoms with Crippen LogP contribution in [0.25, 0.3) is 0 Å². The summed E-state index contributed by atoms with van der Waals surface area (Å²) < 4.78 is 40.3. The number of aliphatic imine (C=N–C) groups is 1. The van der Waals surface area contributed by atoms with Gasteiger partial charge in [0.1, 0.15) is 6.61 Å². The second-order valence-corrected chi connectivity index (χ2v) is 6.23. The SMILES string of the molecule is CCNC(=NCCCOCC(F)(F)F)NCCc1ncc(CC)s1. The lowest BCUT2D eigenvalue weighted by Crippen LogP contribution is -2.38. The second-order valence-electron chi connectivity index (χ2n) is 5.03. The van der Waals surface area contributed by atoms with Gasteiger partial charge in [0.05, 0.1) is 5.01 Å². The lowest BCUT2D eigenvalue weighted by molar-refractivity contribution is -0.173. The number of aromatic nitrogens is 1. The monoisotopic (exact) mass is 366 g/mol. The van der Waals surface area contributed by atoms with Crippen LogP contribution in [0.2, 0.25) is 0 Å². The van der Waals surface area contributed by atoms with Crippen molar-refractivity contribution >= 4 is 17.3 Å². The molecular formula is C15H25F3N4OS. The van der Waals surface area contributed by atoms with Gasteiger partial charge in [0.2, 0.25) is 0 Å². The zero-order valence-electron chi connectivity index (χ0n) is 14.1. The summed E-state index contributed by atoms with van der Waals surface area (Å²) in [7, 11) is 0. The number of aryl methyl sites for hydroxylation is 1. The smallest absolute Gasteiger partial charge is 0.372 e. The zero-order chi connectivity index (χ0) is 17.8. The Morgan fingerprint density at radius 2 is 2.12 bits per heavy atom. The van der Waals surface area contributed by atoms with Crippen LogP contribution in [0, 0.1) is 0 Å². The van der Waals surface area contributed by atoms with Gasteiger partial charge in [-0.2, -0.15) is 13.2 Å². The van der Waals surface area contributed by atoms with Crippen LogP contribution in [-0.4, -0.2) is 50.0 Å². The van der Waals surface area contributed by atoms with Gasteiger partial charge >= 0.3 is 6.18 Å². The molecule has 0 unspecified atom stereocenters. The second kappa shape index (κ2) is 11.2. The fourth-order valence-electron chi connectivity index (χ4n) is 1.80. The molecule has 0 aromatic carbocycles. The minimum Gasteiger partial charge on any atom is -0.372 e. The predicted molar refractivity (Wildman–Crippen MR) is 90.7 cm³/mol. The summed E-state index contributed by atoms with van der Waals surface area (Å²) in [4.78, 5) is 9.94. The summed E-state index contributed by atoms with van der Waals surface area (Å²) in [5.41, 5.74) is 0. The van der Waals surface area contributed by atoms with Gasteiger partial charge in [0, 0.05) is 43.7 Å². The van der Waals surface area contributed by atoms with Crippen molar-refractivity contribution in [3.63, 3.8) is 0 Å². The van der Waals surface area contributed by atoms with Gasteiger partial charge in [-0.25, -0.2) is 4.98 Å². The highest BCUT2D eigenvalue weighted by Gasteiger charge is 2.27. The summed E-state index contributed by atoms with van der Waals surface area (Å²) in [5.74, 6) is 0.653. The third-order valence-corrected chi connectivity index (χ3v) is 4.11. The Morgan fingerprint density at radius 1 is 1.33 bits per heavy atom. The standard InChI is InChI=1S/C15H25F3N4OS/c1-3-12-10-22-13(24-12)6-8-21-14(19-4-2)20-7-5-9-23-11-15(16,17)18/h10H,3-9,11H2,1-2H3,(H2,19,20,21). The van der Waals surface area contributed by atoms with Crippen LogP contribution in [0.15, 0.2) is 11.2 Å². The lowest BCUT2D eigenvalue weighted by Gasteiger charge is -2.11. The van der Waals surface area contributed by atoms with E-state index in [1.165, 1.54) is 4.88 Å². The summed E-state index contributed by atoms with van der Waals surface area (Å²) in [5, 5.41) is 7.38. The molecule has 0 aliphatic heterocycles. The Morgan fingerprint density at radius 3 is 2.75 bits per heavy atom. The molecule has 24 heavy (non-hydrogen) atoms. The molecule has 0 amide bonds. The van der Waals surface area contributed by atoms with Crippen LogP contribution in [0.4, 0.5) is 13.2 Å². The number of alkyl halides is 3. The predicted octanol–water partition coefficient (Wildman–Crippen LogP) is 2.77. The summed E-state index contributed by atoms with van der Waals surface area (Å²) in [6.07, 6.45) is -0.123. The average Bonchev–Trinajstić information content (AvgIpc) is 2.97. The van der Waals surface area contributed by atoms with Crippen molar-refractivity contribution in [3.8, 4) is 0 Å². The van der Waals surface area contributed by atoms with Crippen LogP contribution in [0.5, 0.6) is 0 Å². The number of guanidine groups is 1. The van der Waals surface area contributed by atoms with Crippen molar-refractivity contribution in [1.29, 1.82) is 0 Å². The molecule has 0 fully saturated rings. The molecule has 0 spiro atoms. The minimum atomic E-state index is -4.27. The van der Waals surface area contributed by atoms with E-state index in [0.717, 1.165) is 17.8 Å². The normalized spacial score (nSPS) is 12.5. The quantitative estimate of drug-likeness (QED) is 0.380. The molecule has 0 saturated carbocycles. The van der Waals surface area contributed by atoms with Crippen LogP contribution in [0.3, 0.4) is 0 Å². The fourth-order valence-corrected chi connectivity index (χ4v) is 2.66. The first kappa shape index (κ1) is 20.7. The molecule has 0 saturated heterocycles.